The largest absolute Gasteiger partial charge is 0.0837 e. The topological polar surface area (TPSA) is 0 Å². The highest BCUT2D eigenvalue weighted by Gasteiger charge is 2.05. The molecule has 4 aromatic carbocycles. The highest BCUT2D eigenvalue weighted by Crippen LogP contribution is 2.32. The molecule has 23 heavy (non-hydrogen) atoms. The zero-order valence-corrected chi connectivity index (χ0v) is 13.3. The Morgan fingerprint density at radius 3 is 1.83 bits per heavy atom. The lowest BCUT2D eigenvalue weighted by Gasteiger charge is -2.09. The second-order valence-corrected chi connectivity index (χ2v) is 5.99. The summed E-state index contributed by atoms with van der Waals surface area (Å²) in [4.78, 5) is 0. The van der Waals surface area contributed by atoms with Crippen molar-refractivity contribution in [1.29, 1.82) is 0 Å². The van der Waals surface area contributed by atoms with Gasteiger partial charge in [0.05, 0.1) is 0 Å². The first-order valence-electron chi connectivity index (χ1n) is 7.66. The number of rotatable bonds is 2. The van der Waals surface area contributed by atoms with E-state index in [9.17, 15) is 0 Å². The van der Waals surface area contributed by atoms with E-state index < -0.39 is 0 Å². The van der Waals surface area contributed by atoms with Crippen molar-refractivity contribution in [2.45, 2.75) is 0 Å². The van der Waals surface area contributed by atoms with Crippen molar-refractivity contribution in [3.63, 3.8) is 0 Å². The van der Waals surface area contributed by atoms with Gasteiger partial charge in [0.25, 0.3) is 0 Å². The van der Waals surface area contributed by atoms with Crippen molar-refractivity contribution >= 4 is 22.4 Å². The molecular weight excluding hydrogens is 300 g/mol. The molecule has 0 aliphatic carbocycles. The van der Waals surface area contributed by atoms with Crippen LogP contribution in [0, 0.1) is 0 Å². The maximum atomic E-state index is 6.29. The summed E-state index contributed by atoms with van der Waals surface area (Å²) in [6, 6.07) is 31.5. The molecule has 1 heteroatoms. The van der Waals surface area contributed by atoms with Gasteiger partial charge in [-0.3, -0.25) is 0 Å². The van der Waals surface area contributed by atoms with E-state index in [0.717, 1.165) is 16.1 Å². The molecule has 0 amide bonds. The van der Waals surface area contributed by atoms with Crippen molar-refractivity contribution in [3.05, 3.63) is 96.0 Å². The lowest BCUT2D eigenvalue weighted by Crippen LogP contribution is -1.83. The van der Waals surface area contributed by atoms with Crippen molar-refractivity contribution in [1.82, 2.24) is 0 Å². The predicted molar refractivity (Wildman–Crippen MR) is 99.8 cm³/mol. The van der Waals surface area contributed by atoms with Crippen LogP contribution in [-0.4, -0.2) is 0 Å². The number of halogens is 1. The molecular formula is C22H15Cl. The first-order valence-corrected chi connectivity index (χ1v) is 8.04. The summed E-state index contributed by atoms with van der Waals surface area (Å²) in [6.45, 7) is 0. The van der Waals surface area contributed by atoms with Crippen LogP contribution < -0.4 is 0 Å². The molecule has 4 aromatic rings. The highest BCUT2D eigenvalue weighted by molar-refractivity contribution is 6.33. The van der Waals surface area contributed by atoms with Gasteiger partial charge in [0.15, 0.2) is 0 Å². The third kappa shape index (κ3) is 2.62. The van der Waals surface area contributed by atoms with Crippen molar-refractivity contribution < 1.29 is 0 Å². The van der Waals surface area contributed by atoms with E-state index >= 15 is 0 Å². The number of fused-ring (bicyclic) bond motifs is 1. The second-order valence-electron chi connectivity index (χ2n) is 5.58. The molecule has 0 fully saturated rings. The third-order valence-corrected chi connectivity index (χ3v) is 4.50. The van der Waals surface area contributed by atoms with Gasteiger partial charge in [-0.1, -0.05) is 96.5 Å². The SMILES string of the molecule is Clc1ccccc1-c1ccc(-c2cccc3ccccc23)cc1. The van der Waals surface area contributed by atoms with Crippen LogP contribution in [0.1, 0.15) is 0 Å². The maximum absolute atomic E-state index is 6.29. The molecule has 0 nitrogen and oxygen atoms in total. The molecule has 0 heterocycles. The monoisotopic (exact) mass is 314 g/mol. The van der Waals surface area contributed by atoms with Gasteiger partial charge in [-0.15, -0.1) is 0 Å². The maximum Gasteiger partial charge on any atom is 0.0484 e. The van der Waals surface area contributed by atoms with E-state index in [1.165, 1.54) is 21.9 Å². The smallest absolute Gasteiger partial charge is 0.0484 e. The minimum absolute atomic E-state index is 0.783. The standard InChI is InChI=1S/C22H15Cl/c23-22-11-4-3-9-21(22)18-14-12-17(13-15-18)20-10-5-7-16-6-1-2-8-19(16)20/h1-15H. The summed E-state index contributed by atoms with van der Waals surface area (Å²) >= 11 is 6.29. The first kappa shape index (κ1) is 14.0. The van der Waals surface area contributed by atoms with Gasteiger partial charge in [-0.25, -0.2) is 0 Å². The van der Waals surface area contributed by atoms with Gasteiger partial charge >= 0.3 is 0 Å². The van der Waals surface area contributed by atoms with Gasteiger partial charge < -0.3 is 0 Å². The quantitative estimate of drug-likeness (QED) is 0.380. The first-order chi connectivity index (χ1) is 11.3. The summed E-state index contributed by atoms with van der Waals surface area (Å²) in [6.07, 6.45) is 0. The molecule has 0 bridgehead atoms. The Kier molecular flexibility index (Phi) is 3.61. The summed E-state index contributed by atoms with van der Waals surface area (Å²) in [5, 5.41) is 3.33. The summed E-state index contributed by atoms with van der Waals surface area (Å²) in [5.74, 6) is 0. The Morgan fingerprint density at radius 1 is 0.478 bits per heavy atom. The third-order valence-electron chi connectivity index (χ3n) is 4.17. The fourth-order valence-electron chi connectivity index (χ4n) is 3.00. The Bertz CT molecular complexity index is 963. The predicted octanol–water partition coefficient (Wildman–Crippen LogP) is 6.83. The lowest BCUT2D eigenvalue weighted by atomic mass is 9.96. The van der Waals surface area contributed by atoms with E-state index in [1.807, 2.05) is 18.2 Å². The van der Waals surface area contributed by atoms with E-state index in [1.54, 1.807) is 0 Å². The Hall–Kier alpha value is -2.57. The molecule has 0 N–H and O–H groups in total. The Morgan fingerprint density at radius 2 is 1.04 bits per heavy atom. The average Bonchev–Trinajstić information content (AvgIpc) is 2.62. The second kappa shape index (κ2) is 5.91. The van der Waals surface area contributed by atoms with Crippen molar-refractivity contribution in [3.8, 4) is 22.3 Å². The minimum atomic E-state index is 0.783. The molecule has 0 saturated heterocycles. The molecule has 0 atom stereocenters. The van der Waals surface area contributed by atoms with Crippen LogP contribution in [0.3, 0.4) is 0 Å². The van der Waals surface area contributed by atoms with E-state index in [0.29, 0.717) is 0 Å². The van der Waals surface area contributed by atoms with E-state index in [4.69, 9.17) is 11.6 Å². The zero-order chi connectivity index (χ0) is 15.6. The van der Waals surface area contributed by atoms with E-state index in [2.05, 4.69) is 72.8 Å². The zero-order valence-electron chi connectivity index (χ0n) is 12.5. The van der Waals surface area contributed by atoms with Crippen LogP contribution >= 0.6 is 11.6 Å². The van der Waals surface area contributed by atoms with Crippen LogP contribution in [0.4, 0.5) is 0 Å². The van der Waals surface area contributed by atoms with Crippen LogP contribution in [0.2, 0.25) is 5.02 Å². The summed E-state index contributed by atoms with van der Waals surface area (Å²) in [5.41, 5.74) is 4.68. The molecule has 0 unspecified atom stereocenters. The molecule has 0 saturated carbocycles. The molecule has 0 aliphatic rings. The van der Waals surface area contributed by atoms with Crippen LogP contribution in [0.5, 0.6) is 0 Å². The van der Waals surface area contributed by atoms with Gasteiger partial charge in [0.1, 0.15) is 0 Å². The van der Waals surface area contributed by atoms with Gasteiger partial charge in [-0.2, -0.15) is 0 Å². The van der Waals surface area contributed by atoms with Gasteiger partial charge in [0.2, 0.25) is 0 Å². The molecule has 0 spiro atoms. The van der Waals surface area contributed by atoms with Crippen LogP contribution in [0.25, 0.3) is 33.0 Å². The van der Waals surface area contributed by atoms with Crippen molar-refractivity contribution in [2.75, 3.05) is 0 Å². The Labute approximate surface area is 141 Å². The Balaban J connectivity index is 1.80. The van der Waals surface area contributed by atoms with Gasteiger partial charge in [-0.05, 0) is 33.5 Å². The number of hydrogen-bond acceptors (Lipinski definition) is 0. The molecule has 4 rings (SSSR count). The fraction of sp³-hybridized carbons (Fsp3) is 0. The summed E-state index contributed by atoms with van der Waals surface area (Å²) < 4.78 is 0. The lowest BCUT2D eigenvalue weighted by molar-refractivity contribution is 1.60. The van der Waals surface area contributed by atoms with Crippen molar-refractivity contribution in [2.24, 2.45) is 0 Å². The minimum Gasteiger partial charge on any atom is -0.0837 e. The normalized spacial score (nSPS) is 10.8. The fourth-order valence-corrected chi connectivity index (χ4v) is 3.25. The molecule has 110 valence electrons. The summed E-state index contributed by atoms with van der Waals surface area (Å²) in [7, 11) is 0. The molecule has 0 aliphatic heterocycles. The van der Waals surface area contributed by atoms with Crippen LogP contribution in [0.15, 0.2) is 91.0 Å². The number of hydrogen-bond donors (Lipinski definition) is 0. The molecule has 0 aromatic heterocycles. The average molecular weight is 315 g/mol. The molecule has 0 radical (unpaired) electrons. The van der Waals surface area contributed by atoms with Gasteiger partial charge in [0, 0.05) is 10.6 Å². The van der Waals surface area contributed by atoms with Crippen LogP contribution in [-0.2, 0) is 0 Å². The highest BCUT2D eigenvalue weighted by atomic mass is 35.5. The number of benzene rings is 4. The van der Waals surface area contributed by atoms with E-state index in [-0.39, 0.29) is 0 Å².